The summed E-state index contributed by atoms with van der Waals surface area (Å²) in [4.78, 5) is 2.52. The van der Waals surface area contributed by atoms with E-state index in [2.05, 4.69) is 60.7 Å². The van der Waals surface area contributed by atoms with Crippen molar-refractivity contribution in [3.8, 4) is 11.6 Å². The number of nitrogens with one attached hydrogen (secondary N) is 3. The summed E-state index contributed by atoms with van der Waals surface area (Å²) in [5.74, 6) is 2.65. The summed E-state index contributed by atoms with van der Waals surface area (Å²) in [5, 5.41) is 24.1. The van der Waals surface area contributed by atoms with Crippen LogP contribution in [0.25, 0.3) is 10.8 Å². The first-order valence-electron chi connectivity index (χ1n) is 15.3. The molecule has 1 unspecified atom stereocenters. The molecule has 1 aliphatic heterocycles. The molecule has 41 heavy (non-hydrogen) atoms. The summed E-state index contributed by atoms with van der Waals surface area (Å²) in [6.45, 7) is 13.0. The van der Waals surface area contributed by atoms with Gasteiger partial charge in [0.2, 0.25) is 0 Å². The zero-order chi connectivity index (χ0) is 28.9. The highest BCUT2D eigenvalue weighted by molar-refractivity contribution is 5.90. The van der Waals surface area contributed by atoms with E-state index in [1.807, 2.05) is 16.8 Å². The van der Waals surface area contributed by atoms with Crippen LogP contribution in [0.15, 0.2) is 42.6 Å². The molecular weight excluding hydrogens is 517 g/mol. The summed E-state index contributed by atoms with van der Waals surface area (Å²) in [7, 11) is 1.53. The molecular formula is C33H46FN5O2. The third-order valence-electron chi connectivity index (χ3n) is 10.5. The lowest BCUT2D eigenvalue weighted by Crippen LogP contribution is -2.66. The molecule has 2 bridgehead atoms. The van der Waals surface area contributed by atoms with Crippen LogP contribution in [0.4, 0.5) is 10.1 Å². The predicted octanol–water partition coefficient (Wildman–Crippen LogP) is 5.39. The van der Waals surface area contributed by atoms with Gasteiger partial charge in [-0.2, -0.15) is 0 Å². The van der Waals surface area contributed by atoms with Crippen molar-refractivity contribution in [3.63, 3.8) is 0 Å². The molecule has 4 aliphatic rings. The van der Waals surface area contributed by atoms with Crippen LogP contribution in [0.1, 0.15) is 46.1 Å². The Labute approximate surface area is 243 Å². The van der Waals surface area contributed by atoms with Gasteiger partial charge in [-0.1, -0.05) is 26.8 Å². The van der Waals surface area contributed by atoms with Crippen LogP contribution in [-0.2, 0) is 13.0 Å². The number of aromatic hydroxyl groups is 1. The number of rotatable bonds is 9. The van der Waals surface area contributed by atoms with E-state index < -0.39 is 0 Å². The summed E-state index contributed by atoms with van der Waals surface area (Å²) in [5.41, 5.74) is 2.08. The number of fused-ring (bicyclic) bond motifs is 3. The van der Waals surface area contributed by atoms with Crippen LogP contribution in [-0.4, -0.2) is 59.7 Å². The van der Waals surface area contributed by atoms with E-state index >= 15 is 0 Å². The molecule has 7 rings (SSSR count). The van der Waals surface area contributed by atoms with Gasteiger partial charge in [0.25, 0.3) is 0 Å². The van der Waals surface area contributed by atoms with Gasteiger partial charge in [-0.05, 0) is 79.2 Å². The Balaban J connectivity index is 1.19. The zero-order valence-corrected chi connectivity index (χ0v) is 25.1. The highest BCUT2D eigenvalue weighted by atomic mass is 19.1. The second kappa shape index (κ2) is 11.1. The first kappa shape index (κ1) is 28.3. The number of hydrogen-bond acceptors (Lipinski definition) is 6. The number of ether oxygens (including phenoxy) is 1. The van der Waals surface area contributed by atoms with Crippen molar-refractivity contribution in [3.05, 3.63) is 54.0 Å². The topological polar surface area (TPSA) is 73.7 Å². The van der Waals surface area contributed by atoms with Gasteiger partial charge in [0.1, 0.15) is 17.9 Å². The lowest BCUT2D eigenvalue weighted by atomic mass is 9.45. The maximum atomic E-state index is 14.5. The van der Waals surface area contributed by atoms with E-state index in [1.54, 1.807) is 12.1 Å². The van der Waals surface area contributed by atoms with E-state index in [9.17, 15) is 9.50 Å². The van der Waals surface area contributed by atoms with E-state index in [0.29, 0.717) is 47.7 Å². The average molecular weight is 564 g/mol. The molecule has 0 amide bonds. The Morgan fingerprint density at radius 3 is 2.71 bits per heavy atom. The Morgan fingerprint density at radius 1 is 1.17 bits per heavy atom. The molecule has 2 heterocycles. The highest BCUT2D eigenvalue weighted by Gasteiger charge is 2.56. The van der Waals surface area contributed by atoms with Gasteiger partial charge in [-0.25, -0.2) is 4.39 Å². The van der Waals surface area contributed by atoms with E-state index in [0.717, 1.165) is 47.9 Å². The molecule has 6 atom stereocenters. The first-order valence-corrected chi connectivity index (χ1v) is 15.3. The van der Waals surface area contributed by atoms with Crippen molar-refractivity contribution >= 4 is 16.5 Å². The maximum Gasteiger partial charge on any atom is 0.199 e. The van der Waals surface area contributed by atoms with Gasteiger partial charge < -0.3 is 25.0 Å². The fraction of sp³-hybridized carbons (Fsp3) is 0.576. The largest absolute Gasteiger partial charge is 0.497 e. The van der Waals surface area contributed by atoms with Crippen LogP contribution in [0, 0.1) is 29.0 Å². The van der Waals surface area contributed by atoms with Crippen molar-refractivity contribution in [1.29, 1.82) is 0 Å². The van der Waals surface area contributed by atoms with Crippen molar-refractivity contribution in [2.24, 2.45) is 23.2 Å². The fourth-order valence-electron chi connectivity index (χ4n) is 7.78. The lowest BCUT2D eigenvalue weighted by Gasteiger charge is -2.62. The molecule has 0 spiro atoms. The molecule has 4 fully saturated rings. The van der Waals surface area contributed by atoms with Gasteiger partial charge in [-0.3, -0.25) is 10.2 Å². The SMILES string of the molecule is COc1ccc(CCn2cc3cc(NC(N[C@H]4C[C@H]5C[C@@H]([C@@H]4C)C5(C)C)N4CCN[C@@H](C)C4)ccc3c2O)c(F)c1. The molecule has 3 aliphatic carbocycles. The third-order valence-corrected chi connectivity index (χ3v) is 10.5. The molecule has 1 saturated heterocycles. The van der Waals surface area contributed by atoms with Crippen molar-refractivity contribution < 1.29 is 14.2 Å². The Morgan fingerprint density at radius 2 is 2.00 bits per heavy atom. The van der Waals surface area contributed by atoms with Crippen molar-refractivity contribution in [2.45, 2.75) is 71.9 Å². The average Bonchev–Trinajstić information content (AvgIpc) is 3.26. The number of methoxy groups -OCH3 is 1. The molecule has 0 radical (unpaired) electrons. The third kappa shape index (κ3) is 5.42. The van der Waals surface area contributed by atoms with E-state index in [4.69, 9.17) is 4.74 Å². The molecule has 4 N–H and O–H groups in total. The number of benzene rings is 2. The summed E-state index contributed by atoms with van der Waals surface area (Å²) < 4.78 is 21.4. The monoisotopic (exact) mass is 563 g/mol. The Kier molecular flexibility index (Phi) is 7.68. The Hall–Kier alpha value is -2.81. The van der Waals surface area contributed by atoms with Gasteiger partial charge >= 0.3 is 0 Å². The Bertz CT molecular complexity index is 1390. The van der Waals surface area contributed by atoms with Gasteiger partial charge in [-0.15, -0.1) is 0 Å². The number of halogens is 1. The van der Waals surface area contributed by atoms with Crippen LogP contribution < -0.4 is 20.7 Å². The quantitative estimate of drug-likeness (QED) is 0.262. The minimum absolute atomic E-state index is 0.0267. The number of anilines is 1. The number of nitrogens with zero attached hydrogens (tertiary/aromatic N) is 2. The summed E-state index contributed by atoms with van der Waals surface area (Å²) >= 11 is 0. The van der Waals surface area contributed by atoms with E-state index in [-0.39, 0.29) is 18.0 Å². The highest BCUT2D eigenvalue weighted by Crippen LogP contribution is 2.61. The molecule has 1 aromatic heterocycles. The summed E-state index contributed by atoms with van der Waals surface area (Å²) in [6.07, 6.45) is 5.07. The number of aromatic nitrogens is 1. The standard InChI is InChI=1S/C33H46FN5O2/c1-20-18-39(13-11-35-20)32(37-30-16-24-15-28(21(30)2)33(24,3)4)36-25-7-9-27-23(14-25)19-38(31(27)40)12-10-22-6-8-26(41-5)17-29(22)34/h6-9,14,17,19-21,24,28,30,32,35-37,40H,10-13,15-16,18H2,1-5H3/t20-,21-,24+,28-,30-,32?/m0/s1. The van der Waals surface area contributed by atoms with Crippen molar-refractivity contribution in [1.82, 2.24) is 20.1 Å². The van der Waals surface area contributed by atoms with Crippen molar-refractivity contribution in [2.75, 3.05) is 32.1 Å². The number of hydrogen-bond donors (Lipinski definition) is 4. The minimum atomic E-state index is -0.291. The molecule has 8 heteroatoms. The number of aryl methyl sites for hydroxylation is 2. The van der Waals surface area contributed by atoms with E-state index in [1.165, 1.54) is 26.0 Å². The van der Waals surface area contributed by atoms with Crippen LogP contribution in [0.5, 0.6) is 11.6 Å². The normalized spacial score (nSPS) is 28.3. The maximum absolute atomic E-state index is 14.5. The predicted molar refractivity (Wildman–Crippen MR) is 163 cm³/mol. The van der Waals surface area contributed by atoms with Gasteiger partial charge in [0, 0.05) is 67.0 Å². The molecule has 2 aromatic carbocycles. The van der Waals surface area contributed by atoms with Crippen LogP contribution in [0.2, 0.25) is 0 Å². The molecule has 222 valence electrons. The first-order chi connectivity index (χ1) is 19.6. The second-order valence-corrected chi connectivity index (χ2v) is 13.3. The van der Waals surface area contributed by atoms with Crippen LogP contribution >= 0.6 is 0 Å². The zero-order valence-electron chi connectivity index (χ0n) is 25.1. The van der Waals surface area contributed by atoms with Crippen LogP contribution in [0.3, 0.4) is 0 Å². The van der Waals surface area contributed by atoms with Gasteiger partial charge in [0.05, 0.1) is 7.11 Å². The summed E-state index contributed by atoms with van der Waals surface area (Å²) in [6, 6.07) is 12.0. The molecule has 7 nitrogen and oxygen atoms in total. The second-order valence-electron chi connectivity index (χ2n) is 13.3. The molecule has 3 aromatic rings. The fourth-order valence-corrected chi connectivity index (χ4v) is 7.78. The minimum Gasteiger partial charge on any atom is -0.497 e. The smallest absolute Gasteiger partial charge is 0.199 e. The van der Waals surface area contributed by atoms with Gasteiger partial charge in [0.15, 0.2) is 5.88 Å². The molecule has 3 saturated carbocycles. The lowest BCUT2D eigenvalue weighted by molar-refractivity contribution is -0.119. The number of piperazine rings is 1.